The number of carbonyl (C=O) groups is 1. The predicted molar refractivity (Wildman–Crippen MR) is 72.1 cm³/mol. The van der Waals surface area contributed by atoms with Gasteiger partial charge >= 0.3 is 5.69 Å². The maximum Gasteiger partial charge on any atom is 0.310 e. The Hall–Kier alpha value is -2.15. The number of ether oxygens (including phenoxy) is 1. The van der Waals surface area contributed by atoms with Crippen molar-refractivity contribution in [3.05, 3.63) is 34.4 Å². The lowest BCUT2D eigenvalue weighted by molar-refractivity contribution is -0.386. The zero-order valence-corrected chi connectivity index (χ0v) is 11.0. The molecule has 7 heteroatoms. The fraction of sp³-hybridized carbons (Fsp3) is 0.462. The van der Waals surface area contributed by atoms with Crippen LogP contribution in [0.5, 0.6) is 5.75 Å². The van der Waals surface area contributed by atoms with Gasteiger partial charge in [-0.3, -0.25) is 14.9 Å². The van der Waals surface area contributed by atoms with Gasteiger partial charge in [0, 0.05) is 12.5 Å². The van der Waals surface area contributed by atoms with Crippen LogP contribution in [0.1, 0.15) is 25.7 Å². The van der Waals surface area contributed by atoms with E-state index in [1.165, 1.54) is 12.1 Å². The van der Waals surface area contributed by atoms with Crippen LogP contribution < -0.4 is 16.2 Å². The summed E-state index contributed by atoms with van der Waals surface area (Å²) < 4.78 is 5.66. The van der Waals surface area contributed by atoms with E-state index >= 15 is 0 Å². The Morgan fingerprint density at radius 2 is 2.15 bits per heavy atom. The SMILES string of the molecule is NC(=O)C1(N)CCCC(Oc2ccccc2[N+](=O)[O-])C1. The molecule has 7 nitrogen and oxygen atoms in total. The van der Waals surface area contributed by atoms with Crippen LogP contribution in [0, 0.1) is 10.1 Å². The van der Waals surface area contributed by atoms with E-state index in [9.17, 15) is 14.9 Å². The molecule has 2 atom stereocenters. The van der Waals surface area contributed by atoms with Crippen molar-refractivity contribution in [2.75, 3.05) is 0 Å². The van der Waals surface area contributed by atoms with Gasteiger partial charge in [-0.05, 0) is 25.3 Å². The van der Waals surface area contributed by atoms with Crippen molar-refractivity contribution in [1.82, 2.24) is 0 Å². The first-order valence-electron chi connectivity index (χ1n) is 6.41. The molecule has 1 aliphatic carbocycles. The Bertz CT molecular complexity index is 534. The van der Waals surface area contributed by atoms with Gasteiger partial charge in [-0.25, -0.2) is 0 Å². The Morgan fingerprint density at radius 1 is 1.45 bits per heavy atom. The number of nitrogens with two attached hydrogens (primary N) is 2. The zero-order valence-electron chi connectivity index (χ0n) is 11.0. The Kier molecular flexibility index (Phi) is 3.89. The topological polar surface area (TPSA) is 121 Å². The second kappa shape index (κ2) is 5.46. The first kappa shape index (κ1) is 14.3. The van der Waals surface area contributed by atoms with Crippen molar-refractivity contribution < 1.29 is 14.5 Å². The van der Waals surface area contributed by atoms with Gasteiger partial charge < -0.3 is 16.2 Å². The standard InChI is InChI=1S/C13H17N3O4/c14-12(17)13(15)7-3-4-9(8-13)20-11-6-2-1-5-10(11)16(18)19/h1-2,5-6,9H,3-4,7-8,15H2,(H2,14,17). The predicted octanol–water partition coefficient (Wildman–Crippen LogP) is 1.10. The molecule has 0 heterocycles. The second-order valence-electron chi connectivity index (χ2n) is 5.08. The van der Waals surface area contributed by atoms with Crippen LogP contribution in [-0.2, 0) is 4.79 Å². The molecule has 1 fully saturated rings. The van der Waals surface area contributed by atoms with E-state index in [1.807, 2.05) is 0 Å². The van der Waals surface area contributed by atoms with Crippen molar-refractivity contribution in [2.45, 2.75) is 37.3 Å². The minimum Gasteiger partial charge on any atom is -0.483 e. The monoisotopic (exact) mass is 279 g/mol. The fourth-order valence-electron chi connectivity index (χ4n) is 2.47. The molecule has 1 amide bonds. The van der Waals surface area contributed by atoms with Crippen LogP contribution in [0.4, 0.5) is 5.69 Å². The van der Waals surface area contributed by atoms with Crippen LogP contribution in [-0.4, -0.2) is 22.5 Å². The van der Waals surface area contributed by atoms with Crippen molar-refractivity contribution >= 4 is 11.6 Å². The summed E-state index contributed by atoms with van der Waals surface area (Å²) >= 11 is 0. The summed E-state index contributed by atoms with van der Waals surface area (Å²) in [4.78, 5) is 21.8. The van der Waals surface area contributed by atoms with E-state index in [0.717, 1.165) is 0 Å². The van der Waals surface area contributed by atoms with Gasteiger partial charge in [0.05, 0.1) is 10.5 Å². The number of amides is 1. The average Bonchev–Trinajstić information content (AvgIpc) is 2.39. The maximum absolute atomic E-state index is 11.4. The first-order chi connectivity index (χ1) is 9.42. The van der Waals surface area contributed by atoms with Gasteiger partial charge in [0.15, 0.2) is 5.75 Å². The van der Waals surface area contributed by atoms with E-state index in [2.05, 4.69) is 0 Å². The van der Waals surface area contributed by atoms with Gasteiger partial charge in [-0.1, -0.05) is 12.1 Å². The molecule has 1 aromatic carbocycles. The Labute approximate surface area is 116 Å². The van der Waals surface area contributed by atoms with Gasteiger partial charge in [0.25, 0.3) is 0 Å². The molecular formula is C13H17N3O4. The van der Waals surface area contributed by atoms with Crippen LogP contribution >= 0.6 is 0 Å². The number of nitro benzene ring substituents is 1. The first-order valence-corrected chi connectivity index (χ1v) is 6.41. The Balaban J connectivity index is 2.14. The molecule has 0 radical (unpaired) electrons. The zero-order chi connectivity index (χ0) is 14.8. The molecule has 2 rings (SSSR count). The molecule has 1 saturated carbocycles. The number of nitrogens with zero attached hydrogens (tertiary/aromatic N) is 1. The molecule has 0 aliphatic heterocycles. The summed E-state index contributed by atoms with van der Waals surface area (Å²) in [6.07, 6.45) is 1.83. The van der Waals surface area contributed by atoms with Crippen LogP contribution in [0.2, 0.25) is 0 Å². The average molecular weight is 279 g/mol. The maximum atomic E-state index is 11.4. The molecule has 2 unspecified atom stereocenters. The molecule has 108 valence electrons. The molecule has 1 aromatic rings. The van der Waals surface area contributed by atoms with Gasteiger partial charge in [0.2, 0.25) is 5.91 Å². The quantitative estimate of drug-likeness (QED) is 0.631. The highest BCUT2D eigenvalue weighted by Crippen LogP contribution is 2.33. The summed E-state index contributed by atoms with van der Waals surface area (Å²) in [5.74, 6) is -0.371. The van der Waals surface area contributed by atoms with Gasteiger partial charge in [0.1, 0.15) is 6.10 Å². The van der Waals surface area contributed by atoms with E-state index < -0.39 is 16.4 Å². The molecule has 0 bridgehead atoms. The number of rotatable bonds is 4. The molecular weight excluding hydrogens is 262 g/mol. The lowest BCUT2D eigenvalue weighted by Crippen LogP contribution is -2.56. The van der Waals surface area contributed by atoms with E-state index in [-0.39, 0.29) is 24.0 Å². The third-order valence-electron chi connectivity index (χ3n) is 3.59. The smallest absolute Gasteiger partial charge is 0.310 e. The highest BCUT2D eigenvalue weighted by atomic mass is 16.6. The van der Waals surface area contributed by atoms with Crippen LogP contribution in [0.25, 0.3) is 0 Å². The van der Waals surface area contributed by atoms with Crippen molar-refractivity contribution in [3.63, 3.8) is 0 Å². The van der Waals surface area contributed by atoms with Crippen LogP contribution in [0.3, 0.4) is 0 Å². The minimum atomic E-state index is -1.09. The number of hydrogen-bond donors (Lipinski definition) is 2. The third kappa shape index (κ3) is 2.88. The summed E-state index contributed by atoms with van der Waals surface area (Å²) in [7, 11) is 0. The number of nitro groups is 1. The van der Waals surface area contributed by atoms with Gasteiger partial charge in [-0.2, -0.15) is 0 Å². The lowest BCUT2D eigenvalue weighted by Gasteiger charge is -2.35. The number of carbonyl (C=O) groups excluding carboxylic acids is 1. The second-order valence-corrected chi connectivity index (χ2v) is 5.08. The largest absolute Gasteiger partial charge is 0.483 e. The summed E-state index contributed by atoms with van der Waals surface area (Å²) in [6.45, 7) is 0. The highest BCUT2D eigenvalue weighted by molar-refractivity contribution is 5.84. The third-order valence-corrected chi connectivity index (χ3v) is 3.59. The number of benzene rings is 1. The summed E-state index contributed by atoms with van der Waals surface area (Å²) in [5.41, 5.74) is 10.1. The fourth-order valence-corrected chi connectivity index (χ4v) is 2.47. The molecule has 0 aromatic heterocycles. The van der Waals surface area contributed by atoms with Crippen molar-refractivity contribution in [3.8, 4) is 5.75 Å². The summed E-state index contributed by atoms with van der Waals surface area (Å²) in [5, 5.41) is 10.9. The number of para-hydroxylation sites is 2. The summed E-state index contributed by atoms with van der Waals surface area (Å²) in [6, 6.07) is 6.15. The lowest BCUT2D eigenvalue weighted by atomic mass is 9.80. The van der Waals surface area contributed by atoms with E-state index in [1.54, 1.807) is 12.1 Å². The molecule has 20 heavy (non-hydrogen) atoms. The van der Waals surface area contributed by atoms with Crippen LogP contribution in [0.15, 0.2) is 24.3 Å². The Morgan fingerprint density at radius 3 is 2.80 bits per heavy atom. The highest BCUT2D eigenvalue weighted by Gasteiger charge is 2.39. The molecule has 0 spiro atoms. The molecule has 1 aliphatic rings. The van der Waals surface area contributed by atoms with Gasteiger partial charge in [-0.15, -0.1) is 0 Å². The molecule has 0 saturated heterocycles. The van der Waals surface area contributed by atoms with Crippen molar-refractivity contribution in [2.24, 2.45) is 11.5 Å². The van der Waals surface area contributed by atoms with E-state index in [4.69, 9.17) is 16.2 Å². The number of primary amides is 1. The normalized spacial score (nSPS) is 25.9. The minimum absolute atomic E-state index is 0.0974. The van der Waals surface area contributed by atoms with E-state index in [0.29, 0.717) is 19.3 Å². The van der Waals surface area contributed by atoms with Crippen molar-refractivity contribution in [1.29, 1.82) is 0 Å². The number of hydrogen-bond acceptors (Lipinski definition) is 5. The molecule has 4 N–H and O–H groups in total.